The fourth-order valence-electron chi connectivity index (χ4n) is 6.17. The molecule has 0 N–H and O–H groups in total. The van der Waals surface area contributed by atoms with Gasteiger partial charge in [-0.2, -0.15) is 0 Å². The van der Waals surface area contributed by atoms with E-state index in [1.807, 2.05) is 6.07 Å². The van der Waals surface area contributed by atoms with Crippen LogP contribution in [0.5, 0.6) is 11.5 Å². The number of nitrogens with zero attached hydrogens (tertiary/aromatic N) is 1. The standard InChI is InChI=1S/C20H25NO4/c1-11(22)24-16-7-5-13-14-10-12-4-6-15(23-3)18-17(12)20(13,19(16)25-18)8-9-21(14)2/h4,6,13-14,16,19H,5,7-10H2,1-3H3/t13-,14+,16?,19-,20-/m1/s1. The van der Waals surface area contributed by atoms with Crippen LogP contribution < -0.4 is 9.47 Å². The van der Waals surface area contributed by atoms with Crippen molar-refractivity contribution >= 4 is 5.97 Å². The number of carbonyl (C=O) groups is 1. The number of methoxy groups -OCH3 is 1. The number of esters is 1. The van der Waals surface area contributed by atoms with E-state index in [-0.39, 0.29) is 23.6 Å². The lowest BCUT2D eigenvalue weighted by molar-refractivity contribution is -0.163. The highest BCUT2D eigenvalue weighted by Gasteiger charge is 2.66. The molecule has 25 heavy (non-hydrogen) atoms. The topological polar surface area (TPSA) is 48.0 Å². The number of rotatable bonds is 2. The highest BCUT2D eigenvalue weighted by molar-refractivity contribution is 5.67. The minimum atomic E-state index is -0.216. The van der Waals surface area contributed by atoms with Crippen molar-refractivity contribution in [3.63, 3.8) is 0 Å². The van der Waals surface area contributed by atoms with Crippen molar-refractivity contribution in [2.24, 2.45) is 5.92 Å². The Bertz CT molecular complexity index is 747. The van der Waals surface area contributed by atoms with Crippen LogP contribution in [0.2, 0.25) is 0 Å². The van der Waals surface area contributed by atoms with Crippen molar-refractivity contribution in [2.45, 2.75) is 56.3 Å². The zero-order chi connectivity index (χ0) is 17.3. The summed E-state index contributed by atoms with van der Waals surface area (Å²) >= 11 is 0. The lowest BCUT2D eigenvalue weighted by Gasteiger charge is -2.58. The fraction of sp³-hybridized carbons (Fsp3) is 0.650. The average molecular weight is 343 g/mol. The maximum atomic E-state index is 11.7. The number of likely N-dealkylation sites (N-methyl/N-ethyl adjacent to an activating group) is 1. The Morgan fingerprint density at radius 1 is 1.36 bits per heavy atom. The molecule has 1 saturated carbocycles. The van der Waals surface area contributed by atoms with E-state index in [4.69, 9.17) is 14.2 Å². The summed E-state index contributed by atoms with van der Waals surface area (Å²) in [5.74, 6) is 2.05. The van der Waals surface area contributed by atoms with E-state index < -0.39 is 0 Å². The van der Waals surface area contributed by atoms with Gasteiger partial charge in [0.05, 0.1) is 7.11 Å². The van der Waals surface area contributed by atoms with Gasteiger partial charge in [-0.1, -0.05) is 6.07 Å². The lowest BCUT2D eigenvalue weighted by atomic mass is 9.51. The Hall–Kier alpha value is -1.75. The third-order valence-electron chi connectivity index (χ3n) is 7.06. The van der Waals surface area contributed by atoms with Crippen LogP contribution in [-0.4, -0.2) is 49.8 Å². The van der Waals surface area contributed by atoms with Gasteiger partial charge in [-0.05, 0) is 56.8 Å². The van der Waals surface area contributed by atoms with Gasteiger partial charge in [-0.25, -0.2) is 0 Å². The fourth-order valence-corrected chi connectivity index (χ4v) is 6.17. The molecule has 2 bridgehead atoms. The van der Waals surface area contributed by atoms with Crippen molar-refractivity contribution in [2.75, 3.05) is 20.7 Å². The molecule has 1 unspecified atom stereocenters. The van der Waals surface area contributed by atoms with Gasteiger partial charge >= 0.3 is 5.97 Å². The summed E-state index contributed by atoms with van der Waals surface area (Å²) in [6, 6.07) is 4.78. The molecule has 2 aliphatic carbocycles. The SMILES string of the molecule is COc1ccc2c3c1O[C@@H]1C(OC(C)=O)CC[C@@H]4[C@H](C2)N(C)CC[C@@]314. The molecule has 0 amide bonds. The van der Waals surface area contributed by atoms with Crippen molar-refractivity contribution in [1.82, 2.24) is 4.90 Å². The van der Waals surface area contributed by atoms with Gasteiger partial charge in [-0.3, -0.25) is 4.79 Å². The highest BCUT2D eigenvalue weighted by atomic mass is 16.6. The van der Waals surface area contributed by atoms with E-state index in [2.05, 4.69) is 18.0 Å². The summed E-state index contributed by atoms with van der Waals surface area (Å²) in [7, 11) is 3.94. The molecule has 134 valence electrons. The van der Waals surface area contributed by atoms with Crippen LogP contribution in [0, 0.1) is 5.92 Å². The zero-order valence-electron chi connectivity index (χ0n) is 15.1. The van der Waals surface area contributed by atoms with Gasteiger partial charge in [-0.15, -0.1) is 0 Å². The Morgan fingerprint density at radius 2 is 2.20 bits per heavy atom. The number of carbonyl (C=O) groups excluding carboxylic acids is 1. The third-order valence-corrected chi connectivity index (χ3v) is 7.06. The summed E-state index contributed by atoms with van der Waals surface area (Å²) in [5, 5.41) is 0. The van der Waals surface area contributed by atoms with E-state index in [0.29, 0.717) is 12.0 Å². The smallest absolute Gasteiger partial charge is 0.303 e. The first-order valence-electron chi connectivity index (χ1n) is 9.30. The Morgan fingerprint density at radius 3 is 2.96 bits per heavy atom. The van der Waals surface area contributed by atoms with Crippen molar-refractivity contribution in [1.29, 1.82) is 0 Å². The molecule has 0 aromatic heterocycles. The summed E-state index contributed by atoms with van der Waals surface area (Å²) in [6.45, 7) is 2.56. The summed E-state index contributed by atoms with van der Waals surface area (Å²) < 4.78 is 17.9. The van der Waals surface area contributed by atoms with Crippen molar-refractivity contribution < 1.29 is 19.0 Å². The number of hydrogen-bond donors (Lipinski definition) is 0. The second-order valence-corrected chi connectivity index (χ2v) is 8.04. The minimum Gasteiger partial charge on any atom is -0.493 e. The Kier molecular flexibility index (Phi) is 3.18. The second kappa shape index (κ2) is 5.13. The highest BCUT2D eigenvalue weighted by Crippen LogP contribution is 2.64. The Balaban J connectivity index is 1.71. The van der Waals surface area contributed by atoms with Crippen LogP contribution in [0.25, 0.3) is 0 Å². The molecule has 5 nitrogen and oxygen atoms in total. The predicted molar refractivity (Wildman–Crippen MR) is 92.1 cm³/mol. The molecule has 5 rings (SSSR count). The van der Waals surface area contributed by atoms with Gasteiger partial charge in [0.15, 0.2) is 11.5 Å². The molecular weight excluding hydrogens is 318 g/mol. The summed E-state index contributed by atoms with van der Waals surface area (Å²) in [6.07, 6.45) is 3.84. The number of likely N-dealkylation sites (tertiary alicyclic amines) is 1. The first-order chi connectivity index (χ1) is 12.1. The molecule has 1 aromatic rings. The Labute approximate surface area is 148 Å². The van der Waals surface area contributed by atoms with Gasteiger partial charge in [0, 0.05) is 23.9 Å². The quantitative estimate of drug-likeness (QED) is 0.771. The number of piperidine rings is 1. The monoisotopic (exact) mass is 343 g/mol. The van der Waals surface area contributed by atoms with E-state index in [0.717, 1.165) is 43.7 Å². The van der Waals surface area contributed by atoms with E-state index >= 15 is 0 Å². The minimum absolute atomic E-state index is 0.0347. The van der Waals surface area contributed by atoms with Crippen LogP contribution >= 0.6 is 0 Å². The van der Waals surface area contributed by atoms with Crippen LogP contribution in [0.3, 0.4) is 0 Å². The largest absolute Gasteiger partial charge is 0.493 e. The molecule has 5 atom stereocenters. The molecule has 1 spiro atoms. The van der Waals surface area contributed by atoms with Crippen LogP contribution in [0.4, 0.5) is 0 Å². The predicted octanol–water partition coefficient (Wildman–Crippen LogP) is 2.30. The van der Waals surface area contributed by atoms with Crippen LogP contribution in [0.15, 0.2) is 12.1 Å². The normalized spacial score (nSPS) is 37.9. The molecular formula is C20H25NO4. The lowest BCUT2D eigenvalue weighted by Crippen LogP contribution is -2.66. The van der Waals surface area contributed by atoms with Gasteiger partial charge in [0.2, 0.25) is 0 Å². The molecule has 4 aliphatic rings. The molecule has 1 saturated heterocycles. The average Bonchev–Trinajstić information content (AvgIpc) is 2.94. The van der Waals surface area contributed by atoms with E-state index in [1.165, 1.54) is 18.1 Å². The van der Waals surface area contributed by atoms with Crippen LogP contribution in [-0.2, 0) is 21.4 Å². The maximum Gasteiger partial charge on any atom is 0.303 e. The first kappa shape index (κ1) is 15.5. The molecule has 2 heterocycles. The van der Waals surface area contributed by atoms with Gasteiger partial charge < -0.3 is 19.1 Å². The summed E-state index contributed by atoms with van der Waals surface area (Å²) in [5.41, 5.74) is 2.70. The van der Waals surface area contributed by atoms with Crippen molar-refractivity contribution in [3.8, 4) is 11.5 Å². The number of hydrogen-bond acceptors (Lipinski definition) is 5. The second-order valence-electron chi connectivity index (χ2n) is 8.04. The number of ether oxygens (including phenoxy) is 3. The van der Waals surface area contributed by atoms with Crippen LogP contribution in [0.1, 0.15) is 37.3 Å². The van der Waals surface area contributed by atoms with E-state index in [9.17, 15) is 4.79 Å². The molecule has 2 fully saturated rings. The third kappa shape index (κ3) is 1.85. The molecule has 5 heteroatoms. The molecule has 0 radical (unpaired) electrons. The van der Waals surface area contributed by atoms with Crippen molar-refractivity contribution in [3.05, 3.63) is 23.3 Å². The number of benzene rings is 1. The first-order valence-corrected chi connectivity index (χ1v) is 9.30. The molecule has 2 aliphatic heterocycles. The summed E-state index contributed by atoms with van der Waals surface area (Å²) in [4.78, 5) is 14.2. The van der Waals surface area contributed by atoms with Gasteiger partial charge in [0.25, 0.3) is 0 Å². The maximum absolute atomic E-state index is 11.7. The van der Waals surface area contributed by atoms with E-state index in [1.54, 1.807) is 7.11 Å². The molecule has 1 aromatic carbocycles. The van der Waals surface area contributed by atoms with Gasteiger partial charge in [0.1, 0.15) is 12.2 Å². The zero-order valence-corrected chi connectivity index (χ0v) is 15.1.